The average molecular weight is 430 g/mol. The van der Waals surface area contributed by atoms with Gasteiger partial charge in [-0.05, 0) is 60.1 Å². The van der Waals surface area contributed by atoms with E-state index in [2.05, 4.69) is 24.4 Å². The van der Waals surface area contributed by atoms with Gasteiger partial charge in [0.05, 0.1) is 6.61 Å². The van der Waals surface area contributed by atoms with Gasteiger partial charge >= 0.3 is 5.97 Å². The van der Waals surface area contributed by atoms with Gasteiger partial charge < -0.3 is 19.9 Å². The zero-order valence-electron chi connectivity index (χ0n) is 17.3. The third kappa shape index (κ3) is 4.07. The van der Waals surface area contributed by atoms with Gasteiger partial charge in [-0.25, -0.2) is 0 Å². The number of carboxylic acids is 1. The number of aryl methyl sites for hydroxylation is 1. The fraction of sp³-hybridized carbons (Fsp3) is 0.458. The predicted octanol–water partition coefficient (Wildman–Crippen LogP) is 4.26. The molecule has 1 atom stereocenters. The van der Waals surface area contributed by atoms with Crippen molar-refractivity contribution < 1.29 is 19.4 Å². The number of nitrogens with one attached hydrogen (secondary N) is 1. The van der Waals surface area contributed by atoms with Crippen LogP contribution >= 0.6 is 11.6 Å². The minimum Gasteiger partial charge on any atom is -0.489 e. The number of benzene rings is 2. The number of halogens is 1. The number of rotatable bonds is 7. The summed E-state index contributed by atoms with van der Waals surface area (Å²) in [6.45, 7) is 4.81. The first-order chi connectivity index (χ1) is 14.5. The van der Waals surface area contributed by atoms with Crippen molar-refractivity contribution in [2.45, 2.75) is 51.2 Å². The number of hydrogen-bond acceptors (Lipinski definition) is 4. The lowest BCUT2D eigenvalue weighted by Gasteiger charge is -2.35. The Hall–Kier alpha value is -2.08. The summed E-state index contributed by atoms with van der Waals surface area (Å²) in [6, 6.07) is 9.97. The highest BCUT2D eigenvalue weighted by molar-refractivity contribution is 6.31. The highest BCUT2D eigenvalue weighted by Gasteiger charge is 2.42. The van der Waals surface area contributed by atoms with E-state index in [1.165, 1.54) is 11.1 Å². The molecule has 1 spiro atoms. The largest absolute Gasteiger partial charge is 0.489 e. The minimum atomic E-state index is -0.804. The van der Waals surface area contributed by atoms with Crippen LogP contribution in [0.15, 0.2) is 30.3 Å². The molecule has 1 fully saturated rings. The van der Waals surface area contributed by atoms with E-state index in [9.17, 15) is 9.90 Å². The van der Waals surface area contributed by atoms with E-state index >= 15 is 0 Å². The molecular formula is C24H28ClNO4. The molecule has 2 aromatic rings. The highest BCUT2D eigenvalue weighted by atomic mass is 35.5. The molecule has 0 radical (unpaired) electrons. The second-order valence-electron chi connectivity index (χ2n) is 8.00. The van der Waals surface area contributed by atoms with Crippen molar-refractivity contribution >= 4 is 17.6 Å². The average Bonchev–Trinajstić information content (AvgIpc) is 3.09. The Balaban J connectivity index is 1.66. The molecule has 5 nitrogen and oxygen atoms in total. The number of morpholine rings is 1. The number of carbonyl (C=O) groups is 1. The van der Waals surface area contributed by atoms with Gasteiger partial charge in [-0.3, -0.25) is 4.79 Å². The summed E-state index contributed by atoms with van der Waals surface area (Å²) >= 11 is 6.43. The Labute approximate surface area is 182 Å². The van der Waals surface area contributed by atoms with E-state index < -0.39 is 5.97 Å². The number of ether oxygens (including phenoxy) is 2. The molecular weight excluding hydrogens is 402 g/mol. The Bertz CT molecular complexity index is 937. The van der Waals surface area contributed by atoms with Crippen molar-refractivity contribution in [1.82, 2.24) is 5.32 Å². The maximum atomic E-state index is 11.3. The molecule has 1 aliphatic carbocycles. The van der Waals surface area contributed by atoms with Crippen molar-refractivity contribution in [3.63, 3.8) is 0 Å². The zero-order chi connectivity index (χ0) is 21.1. The fourth-order valence-electron chi connectivity index (χ4n) is 4.73. The van der Waals surface area contributed by atoms with Crippen molar-refractivity contribution in [3.05, 3.63) is 63.2 Å². The Morgan fingerprint density at radius 1 is 1.30 bits per heavy atom. The lowest BCUT2D eigenvalue weighted by molar-refractivity contribution is -0.136. The van der Waals surface area contributed by atoms with Gasteiger partial charge in [0.25, 0.3) is 0 Å². The molecule has 160 valence electrons. The van der Waals surface area contributed by atoms with Crippen molar-refractivity contribution in [3.8, 4) is 5.75 Å². The van der Waals surface area contributed by atoms with Gasteiger partial charge in [-0.1, -0.05) is 36.7 Å². The quantitative estimate of drug-likeness (QED) is 0.688. The monoisotopic (exact) mass is 429 g/mol. The molecule has 2 aliphatic rings. The van der Waals surface area contributed by atoms with Crippen LogP contribution in [0.5, 0.6) is 5.75 Å². The molecule has 4 rings (SSSR count). The van der Waals surface area contributed by atoms with Gasteiger partial charge in [0.15, 0.2) is 0 Å². The normalized spacial score (nSPS) is 20.3. The Morgan fingerprint density at radius 3 is 2.90 bits per heavy atom. The van der Waals surface area contributed by atoms with Crippen molar-refractivity contribution in [2.75, 3.05) is 19.7 Å². The number of carboxylic acid groups (broad SMARTS) is 1. The molecule has 2 aromatic carbocycles. The lowest BCUT2D eigenvalue weighted by Crippen LogP contribution is -2.46. The smallest absolute Gasteiger partial charge is 0.303 e. The van der Waals surface area contributed by atoms with Gasteiger partial charge in [-0.2, -0.15) is 0 Å². The fourth-order valence-corrected chi connectivity index (χ4v) is 4.97. The van der Waals surface area contributed by atoms with Crippen LogP contribution in [0.1, 0.15) is 47.6 Å². The summed E-state index contributed by atoms with van der Waals surface area (Å²) in [5.74, 6) is -0.0565. The summed E-state index contributed by atoms with van der Waals surface area (Å²) in [4.78, 5) is 11.3. The molecule has 0 bridgehead atoms. The van der Waals surface area contributed by atoms with Crippen LogP contribution in [0.3, 0.4) is 0 Å². The molecule has 0 saturated carbocycles. The number of hydrogen-bond donors (Lipinski definition) is 2. The summed E-state index contributed by atoms with van der Waals surface area (Å²) < 4.78 is 12.5. The molecule has 1 aliphatic heterocycles. The van der Waals surface area contributed by atoms with Gasteiger partial charge in [0, 0.05) is 30.1 Å². The van der Waals surface area contributed by atoms with Crippen LogP contribution in [0, 0.1) is 0 Å². The molecule has 0 amide bonds. The predicted molar refractivity (Wildman–Crippen MR) is 116 cm³/mol. The van der Waals surface area contributed by atoms with E-state index in [-0.39, 0.29) is 12.0 Å². The summed E-state index contributed by atoms with van der Waals surface area (Å²) in [5, 5.41) is 13.4. The maximum Gasteiger partial charge on any atom is 0.303 e. The summed E-state index contributed by atoms with van der Waals surface area (Å²) in [5.41, 5.74) is 5.20. The summed E-state index contributed by atoms with van der Waals surface area (Å²) in [7, 11) is 0. The van der Waals surface area contributed by atoms with Crippen molar-refractivity contribution in [2.24, 2.45) is 0 Å². The molecule has 2 N–H and O–H groups in total. The van der Waals surface area contributed by atoms with Gasteiger partial charge in [0.2, 0.25) is 0 Å². The van der Waals surface area contributed by atoms with Crippen molar-refractivity contribution in [1.29, 1.82) is 0 Å². The van der Waals surface area contributed by atoms with Crippen LogP contribution in [0.25, 0.3) is 0 Å². The first-order valence-electron chi connectivity index (χ1n) is 10.6. The third-order valence-corrected chi connectivity index (χ3v) is 6.64. The minimum absolute atomic E-state index is 0.0746. The summed E-state index contributed by atoms with van der Waals surface area (Å²) in [6.07, 6.45) is 3.17. The third-order valence-electron chi connectivity index (χ3n) is 6.28. The van der Waals surface area contributed by atoms with E-state index in [0.717, 1.165) is 54.8 Å². The maximum absolute atomic E-state index is 11.3. The number of aliphatic carboxylic acids is 1. The van der Waals surface area contributed by atoms with Crippen LogP contribution < -0.4 is 10.1 Å². The van der Waals surface area contributed by atoms with Crippen LogP contribution in [0.2, 0.25) is 5.02 Å². The topological polar surface area (TPSA) is 67.8 Å². The lowest BCUT2D eigenvalue weighted by atomic mass is 9.91. The molecule has 0 aromatic heterocycles. The standard InChI is InChI=1S/C24H28ClNO4/c1-2-16-4-3-5-21(25)19(16)14-29-22-8-7-20-17(18(22)6-9-23(27)28)10-11-24(20)15-26-12-13-30-24/h3-5,7-8,26H,2,6,9-15H2,1H3,(H,27,28)/t24-/m1/s1. The first-order valence-corrected chi connectivity index (χ1v) is 11.0. The van der Waals surface area contributed by atoms with Crippen LogP contribution in [-0.4, -0.2) is 30.8 Å². The van der Waals surface area contributed by atoms with Gasteiger partial charge in [-0.15, -0.1) is 0 Å². The van der Waals surface area contributed by atoms with E-state index in [4.69, 9.17) is 21.1 Å². The molecule has 1 saturated heterocycles. The molecule has 1 heterocycles. The first kappa shape index (κ1) is 21.2. The van der Waals surface area contributed by atoms with E-state index in [0.29, 0.717) is 24.7 Å². The van der Waals surface area contributed by atoms with Gasteiger partial charge in [0.1, 0.15) is 18.0 Å². The van der Waals surface area contributed by atoms with E-state index in [1.54, 1.807) is 0 Å². The Morgan fingerprint density at radius 2 is 2.17 bits per heavy atom. The molecule has 6 heteroatoms. The van der Waals surface area contributed by atoms with E-state index in [1.807, 2.05) is 18.2 Å². The SMILES string of the molecule is CCc1cccc(Cl)c1COc1ccc2c(c1CCC(=O)O)CC[C@@]21CNCCO1. The molecule has 0 unspecified atom stereocenters. The molecule has 30 heavy (non-hydrogen) atoms. The van der Waals surface area contributed by atoms with Crippen LogP contribution in [-0.2, 0) is 41.0 Å². The second kappa shape index (κ2) is 8.96. The Kier molecular flexibility index (Phi) is 6.32. The second-order valence-corrected chi connectivity index (χ2v) is 8.41. The van der Waals surface area contributed by atoms with Crippen LogP contribution in [0.4, 0.5) is 0 Å². The highest BCUT2D eigenvalue weighted by Crippen LogP contribution is 2.45. The number of fused-ring (bicyclic) bond motifs is 2. The zero-order valence-corrected chi connectivity index (χ0v) is 18.1.